The van der Waals surface area contributed by atoms with Gasteiger partial charge in [0.25, 0.3) is 5.56 Å². The van der Waals surface area contributed by atoms with Crippen molar-refractivity contribution in [1.82, 2.24) is 4.98 Å². The Bertz CT molecular complexity index is 1100. The van der Waals surface area contributed by atoms with Gasteiger partial charge in [0.2, 0.25) is 0 Å². The van der Waals surface area contributed by atoms with Crippen molar-refractivity contribution in [3.8, 4) is 22.6 Å². The average molecular weight is 504 g/mol. The molecule has 0 radical (unpaired) electrons. The van der Waals surface area contributed by atoms with Crippen LogP contribution in [0, 0.1) is 0 Å². The van der Waals surface area contributed by atoms with Crippen LogP contribution in [0.1, 0.15) is 44.1 Å². The maximum atomic E-state index is 12.9. The molecule has 1 heterocycles. The van der Waals surface area contributed by atoms with Crippen LogP contribution in [0.4, 0.5) is 13.2 Å². The summed E-state index contributed by atoms with van der Waals surface area (Å²) in [5.74, 6) is -2.80. The third-order valence-corrected chi connectivity index (χ3v) is 6.07. The Morgan fingerprint density at radius 3 is 2.56 bits per heavy atom. The van der Waals surface area contributed by atoms with Crippen molar-refractivity contribution in [3.63, 3.8) is 0 Å². The lowest BCUT2D eigenvalue weighted by Crippen LogP contribution is -2.37. The molecule has 2 aromatic rings. The Morgan fingerprint density at radius 1 is 1.29 bits per heavy atom. The fourth-order valence-corrected chi connectivity index (χ4v) is 4.09. The molecule has 11 heteroatoms. The van der Waals surface area contributed by atoms with Crippen molar-refractivity contribution in [2.24, 2.45) is 0 Å². The smallest absolute Gasteiger partial charge is 0.422 e. The molecular formula is C23H25ClF3NO6. The highest BCUT2D eigenvalue weighted by Gasteiger charge is 2.35. The molecule has 0 bridgehead atoms. The van der Waals surface area contributed by atoms with Crippen molar-refractivity contribution < 1.29 is 37.3 Å². The van der Waals surface area contributed by atoms with Crippen molar-refractivity contribution in [2.45, 2.75) is 50.3 Å². The summed E-state index contributed by atoms with van der Waals surface area (Å²) < 4.78 is 54.6. The van der Waals surface area contributed by atoms with Crippen LogP contribution < -0.4 is 15.0 Å². The van der Waals surface area contributed by atoms with Crippen molar-refractivity contribution in [1.29, 1.82) is 0 Å². The number of benzene rings is 1. The summed E-state index contributed by atoms with van der Waals surface area (Å²) >= 11 is 6.10. The van der Waals surface area contributed by atoms with Crippen LogP contribution in [0.15, 0.2) is 29.2 Å². The minimum atomic E-state index is -4.61. The number of halogens is 4. The van der Waals surface area contributed by atoms with Gasteiger partial charge in [-0.2, -0.15) is 13.2 Å². The number of alkyl halides is 3. The zero-order valence-electron chi connectivity index (χ0n) is 18.6. The average Bonchev–Trinajstić information content (AvgIpc) is 2.74. The summed E-state index contributed by atoms with van der Waals surface area (Å²) in [6.07, 6.45) is -0.700. The van der Waals surface area contributed by atoms with Crippen molar-refractivity contribution in [3.05, 3.63) is 45.3 Å². The number of carbonyl (C=O) groups is 1. The molecule has 1 unspecified atom stereocenters. The Balaban J connectivity index is 2.09. The van der Waals surface area contributed by atoms with Gasteiger partial charge >= 0.3 is 12.1 Å². The number of methoxy groups -OCH3 is 1. The first-order chi connectivity index (χ1) is 15.9. The summed E-state index contributed by atoms with van der Waals surface area (Å²) in [5.41, 5.74) is -1.23. The summed E-state index contributed by atoms with van der Waals surface area (Å²) in [6, 6.07) is 3.86. The number of rotatable bonds is 10. The van der Waals surface area contributed by atoms with E-state index in [-0.39, 0.29) is 51.8 Å². The van der Waals surface area contributed by atoms with Crippen LogP contribution in [0.5, 0.6) is 11.5 Å². The van der Waals surface area contributed by atoms with Gasteiger partial charge in [0.1, 0.15) is 11.5 Å². The summed E-state index contributed by atoms with van der Waals surface area (Å²) in [5, 5.41) is 10.1. The predicted molar refractivity (Wildman–Crippen MR) is 119 cm³/mol. The molecule has 1 aromatic carbocycles. The largest absolute Gasteiger partial charge is 0.495 e. The van der Waals surface area contributed by atoms with E-state index < -0.39 is 30.2 Å². The number of aliphatic carboxylic acids is 1. The topological polar surface area (TPSA) is 97.9 Å². The molecule has 34 heavy (non-hydrogen) atoms. The fourth-order valence-electron chi connectivity index (χ4n) is 3.92. The first-order valence-corrected chi connectivity index (χ1v) is 11.0. The molecule has 1 aromatic heterocycles. The van der Waals surface area contributed by atoms with Gasteiger partial charge in [0, 0.05) is 34.5 Å². The van der Waals surface area contributed by atoms with Crippen molar-refractivity contribution >= 4 is 17.6 Å². The van der Waals surface area contributed by atoms with E-state index >= 15 is 0 Å². The summed E-state index contributed by atoms with van der Waals surface area (Å²) in [7, 11) is 1.29. The van der Waals surface area contributed by atoms with E-state index in [2.05, 4.69) is 4.98 Å². The number of H-pyrrole nitrogens is 1. The maximum absolute atomic E-state index is 12.9. The van der Waals surface area contributed by atoms with E-state index in [0.29, 0.717) is 0 Å². The van der Waals surface area contributed by atoms with E-state index in [1.165, 1.54) is 31.5 Å². The van der Waals surface area contributed by atoms with E-state index in [1.54, 1.807) is 0 Å². The van der Waals surface area contributed by atoms with Gasteiger partial charge in [-0.3, -0.25) is 9.59 Å². The van der Waals surface area contributed by atoms with Gasteiger partial charge in [-0.1, -0.05) is 11.6 Å². The molecule has 3 rings (SSSR count). The van der Waals surface area contributed by atoms with E-state index in [4.69, 9.17) is 25.8 Å². The molecule has 1 fully saturated rings. The number of carboxylic acid groups (broad SMARTS) is 1. The van der Waals surface area contributed by atoms with Crippen molar-refractivity contribution in [2.75, 3.05) is 20.3 Å². The number of carboxylic acids is 1. The lowest BCUT2D eigenvalue weighted by atomic mass is 9.82. The number of pyridine rings is 1. The second-order valence-corrected chi connectivity index (χ2v) is 8.79. The lowest BCUT2D eigenvalue weighted by molar-refractivity contribution is -0.153. The molecule has 0 aliphatic heterocycles. The summed E-state index contributed by atoms with van der Waals surface area (Å²) in [6.45, 7) is 0.431. The van der Waals surface area contributed by atoms with Crippen LogP contribution in [0.25, 0.3) is 11.1 Å². The molecule has 1 aliphatic carbocycles. The first kappa shape index (κ1) is 25.9. The molecule has 2 N–H and O–H groups in total. The number of aromatic nitrogens is 1. The van der Waals surface area contributed by atoms with Gasteiger partial charge in [0.05, 0.1) is 18.6 Å². The molecule has 1 saturated carbocycles. The maximum Gasteiger partial charge on any atom is 0.422 e. The van der Waals surface area contributed by atoms with E-state index in [9.17, 15) is 27.9 Å². The minimum Gasteiger partial charge on any atom is -0.495 e. The third kappa shape index (κ3) is 6.04. The Labute approximate surface area is 198 Å². The number of aromatic amines is 1. The minimum absolute atomic E-state index is 0.00631. The van der Waals surface area contributed by atoms with Gasteiger partial charge in [-0.15, -0.1) is 0 Å². The first-order valence-electron chi connectivity index (χ1n) is 10.6. The highest BCUT2D eigenvalue weighted by molar-refractivity contribution is 6.31. The fraction of sp³-hybridized carbons (Fsp3) is 0.478. The zero-order chi connectivity index (χ0) is 25.1. The molecular weight excluding hydrogens is 479 g/mol. The van der Waals surface area contributed by atoms with Crippen LogP contribution >= 0.6 is 11.6 Å². The third-order valence-electron chi connectivity index (χ3n) is 5.83. The molecule has 1 atom stereocenters. The molecule has 0 spiro atoms. The highest BCUT2D eigenvalue weighted by Crippen LogP contribution is 2.42. The number of hydrogen-bond donors (Lipinski definition) is 2. The van der Waals surface area contributed by atoms with Crippen LogP contribution in [-0.4, -0.2) is 48.2 Å². The van der Waals surface area contributed by atoms with Gasteiger partial charge in [-0.05, 0) is 50.8 Å². The van der Waals surface area contributed by atoms with Crippen LogP contribution in [0.2, 0.25) is 5.02 Å². The monoisotopic (exact) mass is 503 g/mol. The zero-order valence-corrected chi connectivity index (χ0v) is 19.4. The van der Waals surface area contributed by atoms with Gasteiger partial charge < -0.3 is 24.3 Å². The van der Waals surface area contributed by atoms with E-state index in [0.717, 1.165) is 19.3 Å². The number of nitrogens with one attached hydrogen (secondary N) is 1. The lowest BCUT2D eigenvalue weighted by Gasteiger charge is -2.38. The van der Waals surface area contributed by atoms with Crippen LogP contribution in [-0.2, 0) is 9.53 Å². The Kier molecular flexibility index (Phi) is 7.82. The van der Waals surface area contributed by atoms with Crippen LogP contribution in [0.3, 0.4) is 0 Å². The molecule has 186 valence electrons. The second kappa shape index (κ2) is 10.3. The second-order valence-electron chi connectivity index (χ2n) is 8.35. The summed E-state index contributed by atoms with van der Waals surface area (Å²) in [4.78, 5) is 27.6. The Hall–Kier alpha value is -2.72. The molecule has 7 nitrogen and oxygen atoms in total. The normalized spacial score (nSPS) is 15.9. The number of hydrogen-bond acceptors (Lipinski definition) is 5. The Morgan fingerprint density at radius 2 is 2.00 bits per heavy atom. The SMILES string of the molecule is COc1c[nH]c(=O)c(C(CCOC2(C)CCC2)C(=O)O)c1-c1cc(Cl)ccc1OCC(F)(F)F. The molecule has 1 aliphatic rings. The quantitative estimate of drug-likeness (QED) is 0.464. The van der Waals surface area contributed by atoms with Gasteiger partial charge in [-0.25, -0.2) is 0 Å². The molecule has 0 amide bonds. The predicted octanol–water partition coefficient (Wildman–Crippen LogP) is 5.16. The highest BCUT2D eigenvalue weighted by atomic mass is 35.5. The van der Waals surface area contributed by atoms with Gasteiger partial charge in [0.15, 0.2) is 6.61 Å². The number of ether oxygens (including phenoxy) is 3. The molecule has 0 saturated heterocycles. The van der Waals surface area contributed by atoms with E-state index in [1.807, 2.05) is 6.92 Å². The standard InChI is InChI=1S/C23H25ClF3NO6/c1-22(7-3-8-22)34-9-6-14(21(30)31)19-18(17(32-2)11-28-20(19)29)15-10-13(24)4-5-16(15)33-12-23(25,26)27/h4-5,10-11,14H,3,6-9,12H2,1-2H3,(H,28,29)(H,30,31).